The fraction of sp³-hybridized carbons (Fsp3) is 0.571. The van der Waals surface area contributed by atoms with E-state index in [1.165, 1.54) is 16.8 Å². The van der Waals surface area contributed by atoms with E-state index in [0.29, 0.717) is 18.0 Å². The molecule has 1 heterocycles. The molecule has 1 rings (SSSR count). The Kier molecular flexibility index (Phi) is 7.72. The molecule has 1 atom stereocenters. The molecular weight excluding hydrogens is 334 g/mol. The van der Waals surface area contributed by atoms with Crippen molar-refractivity contribution in [2.75, 3.05) is 38.4 Å². The van der Waals surface area contributed by atoms with Crippen molar-refractivity contribution in [2.45, 2.75) is 24.5 Å². The van der Waals surface area contributed by atoms with Gasteiger partial charge in [-0.25, -0.2) is 4.98 Å². The predicted molar refractivity (Wildman–Crippen MR) is 91.1 cm³/mol. The molecule has 0 aromatic carbocycles. The van der Waals surface area contributed by atoms with E-state index in [9.17, 15) is 14.4 Å². The zero-order valence-corrected chi connectivity index (χ0v) is 15.0. The van der Waals surface area contributed by atoms with Crippen LogP contribution in [0.1, 0.15) is 23.8 Å². The number of rotatable bonds is 9. The van der Waals surface area contributed by atoms with Gasteiger partial charge in [-0.3, -0.25) is 14.4 Å². The Morgan fingerprint density at radius 1 is 1.42 bits per heavy atom. The number of carbonyl (C=O) groups excluding carboxylic acids is 3. The highest BCUT2D eigenvalue weighted by Crippen LogP contribution is 2.23. The number of aromatic nitrogens is 2. The van der Waals surface area contributed by atoms with E-state index in [2.05, 4.69) is 15.3 Å². The molecule has 9 nitrogen and oxygen atoms in total. The molecule has 0 spiro atoms. The van der Waals surface area contributed by atoms with Crippen molar-refractivity contribution in [2.24, 2.45) is 0 Å². The van der Waals surface area contributed by atoms with Crippen molar-refractivity contribution >= 4 is 35.8 Å². The first-order valence-corrected chi connectivity index (χ1v) is 8.35. The lowest BCUT2D eigenvalue weighted by Crippen LogP contribution is -2.37. The first kappa shape index (κ1) is 20.0. The minimum absolute atomic E-state index is 0.0733. The smallest absolute Gasteiger partial charge is 0.273 e. The fourth-order valence-corrected chi connectivity index (χ4v) is 2.45. The second kappa shape index (κ2) is 9.28. The molecule has 1 aromatic heterocycles. The van der Waals surface area contributed by atoms with Gasteiger partial charge in [0.15, 0.2) is 11.0 Å². The first-order valence-electron chi connectivity index (χ1n) is 7.36. The molecule has 1 unspecified atom stereocenters. The highest BCUT2D eigenvalue weighted by Gasteiger charge is 2.22. The van der Waals surface area contributed by atoms with Crippen LogP contribution in [-0.4, -0.2) is 77.7 Å². The van der Waals surface area contributed by atoms with Gasteiger partial charge in [0.1, 0.15) is 5.69 Å². The van der Waals surface area contributed by atoms with Crippen molar-refractivity contribution in [1.82, 2.24) is 20.2 Å². The van der Waals surface area contributed by atoms with Crippen LogP contribution in [0.2, 0.25) is 0 Å². The molecule has 24 heavy (non-hydrogen) atoms. The number of amides is 3. The summed E-state index contributed by atoms with van der Waals surface area (Å²) >= 11 is 1.11. The average Bonchev–Trinajstić information content (AvgIpc) is 3.00. The Morgan fingerprint density at radius 2 is 2.08 bits per heavy atom. The molecule has 0 fully saturated rings. The summed E-state index contributed by atoms with van der Waals surface area (Å²) in [4.78, 5) is 44.6. The third-order valence-electron chi connectivity index (χ3n) is 3.19. The number of H-pyrrole nitrogens is 1. The van der Waals surface area contributed by atoms with Crippen LogP contribution < -0.4 is 10.2 Å². The van der Waals surface area contributed by atoms with E-state index in [0.717, 1.165) is 11.8 Å². The maximum absolute atomic E-state index is 12.2. The first-order chi connectivity index (χ1) is 11.3. The molecular formula is C14H23N5O4S. The lowest BCUT2D eigenvalue weighted by Gasteiger charge is -2.13. The van der Waals surface area contributed by atoms with E-state index < -0.39 is 0 Å². The Morgan fingerprint density at radius 3 is 2.58 bits per heavy atom. The number of hydrogen-bond acceptors (Lipinski definition) is 6. The molecule has 0 saturated heterocycles. The SMILES string of the molecule is CCC(CO)NC(=O)CSc1nc(N(C)C=O)c(C(=O)N(C)C)[nH]1. The Labute approximate surface area is 144 Å². The Bertz CT molecular complexity index is 586. The van der Waals surface area contributed by atoms with Crippen LogP contribution in [0, 0.1) is 0 Å². The number of aromatic amines is 1. The van der Waals surface area contributed by atoms with Crippen molar-refractivity contribution in [3.05, 3.63) is 5.69 Å². The number of thioether (sulfide) groups is 1. The van der Waals surface area contributed by atoms with Gasteiger partial charge < -0.3 is 25.2 Å². The maximum Gasteiger partial charge on any atom is 0.273 e. The molecule has 0 radical (unpaired) electrons. The Balaban J connectivity index is 2.84. The van der Waals surface area contributed by atoms with E-state index in [4.69, 9.17) is 5.11 Å². The molecule has 3 amide bonds. The predicted octanol–water partition coefficient (Wildman–Crippen LogP) is -0.317. The van der Waals surface area contributed by atoms with Gasteiger partial charge in [-0.05, 0) is 6.42 Å². The summed E-state index contributed by atoms with van der Waals surface area (Å²) in [6, 6.07) is -0.280. The third-order valence-corrected chi connectivity index (χ3v) is 4.07. The molecule has 1 aromatic rings. The molecule has 0 aliphatic carbocycles. The van der Waals surface area contributed by atoms with Crippen LogP contribution in [0.4, 0.5) is 5.82 Å². The molecule has 134 valence electrons. The van der Waals surface area contributed by atoms with Gasteiger partial charge in [0, 0.05) is 21.1 Å². The highest BCUT2D eigenvalue weighted by atomic mass is 32.2. The summed E-state index contributed by atoms with van der Waals surface area (Å²) in [6.07, 6.45) is 1.18. The molecule has 0 aliphatic heterocycles. The second-order valence-electron chi connectivity index (χ2n) is 5.30. The number of carbonyl (C=O) groups is 3. The number of aliphatic hydroxyl groups is 1. The van der Waals surface area contributed by atoms with E-state index >= 15 is 0 Å². The molecule has 3 N–H and O–H groups in total. The standard InChI is InChI=1S/C14H23N5O4S/c1-5-9(6-20)15-10(22)7-24-14-16-11(13(23)18(2)3)12(17-14)19(4)8-21/h8-9,20H,5-7H2,1-4H3,(H,15,22)(H,16,17). The number of aliphatic hydroxyl groups excluding tert-OH is 1. The number of nitrogens with zero attached hydrogens (tertiary/aromatic N) is 3. The minimum atomic E-state index is -0.325. The summed E-state index contributed by atoms with van der Waals surface area (Å²) < 4.78 is 0. The van der Waals surface area contributed by atoms with Crippen LogP contribution in [-0.2, 0) is 9.59 Å². The minimum Gasteiger partial charge on any atom is -0.394 e. The van der Waals surface area contributed by atoms with Crippen LogP contribution in [0.5, 0.6) is 0 Å². The molecule has 10 heteroatoms. The number of nitrogens with one attached hydrogen (secondary N) is 2. The van der Waals surface area contributed by atoms with E-state index in [1.807, 2.05) is 6.92 Å². The van der Waals surface area contributed by atoms with Gasteiger partial charge in [-0.15, -0.1) is 0 Å². The van der Waals surface area contributed by atoms with Crippen LogP contribution >= 0.6 is 11.8 Å². The van der Waals surface area contributed by atoms with Gasteiger partial charge in [-0.2, -0.15) is 0 Å². The van der Waals surface area contributed by atoms with Crippen molar-refractivity contribution < 1.29 is 19.5 Å². The summed E-state index contributed by atoms with van der Waals surface area (Å²) in [7, 11) is 4.67. The van der Waals surface area contributed by atoms with Crippen molar-refractivity contribution in [3.8, 4) is 0 Å². The van der Waals surface area contributed by atoms with Gasteiger partial charge in [-0.1, -0.05) is 18.7 Å². The summed E-state index contributed by atoms with van der Waals surface area (Å²) in [5.74, 6) is -0.297. The summed E-state index contributed by atoms with van der Waals surface area (Å²) in [6.45, 7) is 1.74. The number of hydrogen-bond donors (Lipinski definition) is 3. The van der Waals surface area contributed by atoms with Gasteiger partial charge >= 0.3 is 0 Å². The van der Waals surface area contributed by atoms with E-state index in [-0.39, 0.29) is 41.7 Å². The van der Waals surface area contributed by atoms with Crippen LogP contribution in [0.25, 0.3) is 0 Å². The summed E-state index contributed by atoms with van der Waals surface area (Å²) in [5, 5.41) is 12.1. The highest BCUT2D eigenvalue weighted by molar-refractivity contribution is 7.99. The van der Waals surface area contributed by atoms with Gasteiger partial charge in [0.2, 0.25) is 12.3 Å². The number of anilines is 1. The molecule has 0 saturated carbocycles. The Hall–Kier alpha value is -2.07. The monoisotopic (exact) mass is 357 g/mol. The zero-order chi connectivity index (χ0) is 18.3. The maximum atomic E-state index is 12.2. The average molecular weight is 357 g/mol. The van der Waals surface area contributed by atoms with Gasteiger partial charge in [0.25, 0.3) is 5.91 Å². The fourth-order valence-electron chi connectivity index (χ4n) is 1.77. The zero-order valence-electron chi connectivity index (χ0n) is 14.2. The lowest BCUT2D eigenvalue weighted by molar-refractivity contribution is -0.119. The van der Waals surface area contributed by atoms with Crippen molar-refractivity contribution in [3.63, 3.8) is 0 Å². The lowest BCUT2D eigenvalue weighted by atomic mass is 10.2. The normalized spacial score (nSPS) is 11.7. The van der Waals surface area contributed by atoms with Crippen molar-refractivity contribution in [1.29, 1.82) is 0 Å². The summed E-state index contributed by atoms with van der Waals surface area (Å²) in [5.41, 5.74) is 0.180. The molecule has 0 aliphatic rings. The topological polar surface area (TPSA) is 119 Å². The van der Waals surface area contributed by atoms with Crippen LogP contribution in [0.3, 0.4) is 0 Å². The third kappa shape index (κ3) is 5.24. The van der Waals surface area contributed by atoms with Crippen LogP contribution in [0.15, 0.2) is 5.16 Å². The largest absolute Gasteiger partial charge is 0.394 e. The molecule has 0 bridgehead atoms. The van der Waals surface area contributed by atoms with Gasteiger partial charge in [0.05, 0.1) is 18.4 Å². The number of imidazole rings is 1. The van der Waals surface area contributed by atoms with E-state index in [1.54, 1.807) is 14.1 Å². The second-order valence-corrected chi connectivity index (χ2v) is 6.26. The quantitative estimate of drug-likeness (QED) is 0.412.